The van der Waals surface area contributed by atoms with E-state index in [1.807, 2.05) is 30.3 Å². The van der Waals surface area contributed by atoms with Crippen molar-refractivity contribution in [2.75, 3.05) is 11.9 Å². The van der Waals surface area contributed by atoms with Crippen molar-refractivity contribution < 1.29 is 4.79 Å². The summed E-state index contributed by atoms with van der Waals surface area (Å²) >= 11 is 0. The Morgan fingerprint density at radius 2 is 2.08 bits per heavy atom. The van der Waals surface area contributed by atoms with Gasteiger partial charge in [0.1, 0.15) is 0 Å². The number of nitrogens with one attached hydrogen (secondary N) is 2. The van der Waals surface area contributed by atoms with Crippen molar-refractivity contribution in [2.45, 2.75) is 12.5 Å². The van der Waals surface area contributed by atoms with Gasteiger partial charge in [-0.25, -0.2) is 0 Å². The molecular weight excluding hydrogens is 164 g/mol. The predicted octanol–water partition coefficient (Wildman–Crippen LogP) is 0.987. The maximum absolute atomic E-state index is 10.9. The van der Waals surface area contributed by atoms with E-state index in [2.05, 4.69) is 10.6 Å². The quantitative estimate of drug-likeness (QED) is 0.705. The Labute approximate surface area is 77.1 Å². The van der Waals surface area contributed by atoms with Crippen molar-refractivity contribution in [3.05, 3.63) is 30.3 Å². The van der Waals surface area contributed by atoms with Gasteiger partial charge in [0.15, 0.2) is 0 Å². The molecule has 0 radical (unpaired) electrons. The van der Waals surface area contributed by atoms with Gasteiger partial charge in [0.05, 0.1) is 6.04 Å². The molecule has 1 aliphatic heterocycles. The summed E-state index contributed by atoms with van der Waals surface area (Å²) in [6, 6.07) is 10.2. The number of carbonyl (C=O) groups excluding carboxylic acids is 1. The van der Waals surface area contributed by atoms with Crippen LogP contribution in [0.3, 0.4) is 0 Å². The molecule has 1 unspecified atom stereocenters. The molecule has 0 bridgehead atoms. The van der Waals surface area contributed by atoms with Crippen molar-refractivity contribution in [3.63, 3.8) is 0 Å². The topological polar surface area (TPSA) is 41.1 Å². The first-order valence-electron chi connectivity index (χ1n) is 4.43. The van der Waals surface area contributed by atoms with E-state index in [9.17, 15) is 4.79 Å². The Balaban J connectivity index is 1.96. The molecule has 0 saturated carbocycles. The Morgan fingerprint density at radius 1 is 1.31 bits per heavy atom. The van der Waals surface area contributed by atoms with E-state index in [1.165, 1.54) is 0 Å². The van der Waals surface area contributed by atoms with Crippen LogP contribution in [0.5, 0.6) is 0 Å². The summed E-state index contributed by atoms with van der Waals surface area (Å²) in [5, 5.41) is 6.08. The van der Waals surface area contributed by atoms with E-state index in [-0.39, 0.29) is 11.9 Å². The fraction of sp³-hybridized carbons (Fsp3) is 0.300. The lowest BCUT2D eigenvalue weighted by Gasteiger charge is -2.10. The van der Waals surface area contributed by atoms with E-state index in [4.69, 9.17) is 0 Å². The lowest BCUT2D eigenvalue weighted by Crippen LogP contribution is -2.22. The van der Waals surface area contributed by atoms with Crippen LogP contribution in [0.2, 0.25) is 0 Å². The number of rotatable bonds is 2. The number of amides is 1. The molecule has 1 saturated heterocycles. The molecule has 1 aromatic carbocycles. The molecule has 3 heteroatoms. The highest BCUT2D eigenvalue weighted by molar-refractivity contribution is 5.79. The fourth-order valence-corrected chi connectivity index (χ4v) is 1.48. The van der Waals surface area contributed by atoms with Gasteiger partial charge in [0.25, 0.3) is 0 Å². The standard InChI is InChI=1S/C10H12N2O/c13-10-6-9(7-11-10)12-8-4-2-1-3-5-8/h1-5,9,12H,6-7H2,(H,11,13). The molecule has 0 spiro atoms. The van der Waals surface area contributed by atoms with Gasteiger partial charge < -0.3 is 10.6 Å². The molecule has 0 aromatic heterocycles. The molecule has 1 heterocycles. The van der Waals surface area contributed by atoms with Gasteiger partial charge in [-0.3, -0.25) is 4.79 Å². The Bertz CT molecular complexity index is 297. The molecule has 1 aromatic rings. The van der Waals surface area contributed by atoms with Gasteiger partial charge in [-0.15, -0.1) is 0 Å². The lowest BCUT2D eigenvalue weighted by atomic mass is 10.2. The molecule has 2 rings (SSSR count). The molecule has 1 amide bonds. The monoisotopic (exact) mass is 176 g/mol. The normalized spacial score (nSPS) is 21.2. The van der Waals surface area contributed by atoms with Crippen LogP contribution >= 0.6 is 0 Å². The van der Waals surface area contributed by atoms with Gasteiger partial charge in [-0.2, -0.15) is 0 Å². The number of anilines is 1. The minimum absolute atomic E-state index is 0.133. The van der Waals surface area contributed by atoms with Crippen LogP contribution in [0, 0.1) is 0 Å². The van der Waals surface area contributed by atoms with Crippen LogP contribution in [0.25, 0.3) is 0 Å². The predicted molar refractivity (Wildman–Crippen MR) is 51.5 cm³/mol. The Morgan fingerprint density at radius 3 is 2.69 bits per heavy atom. The van der Waals surface area contributed by atoms with E-state index < -0.39 is 0 Å². The number of para-hydroxylation sites is 1. The van der Waals surface area contributed by atoms with E-state index in [1.54, 1.807) is 0 Å². The maximum atomic E-state index is 10.9. The fourth-order valence-electron chi connectivity index (χ4n) is 1.48. The van der Waals surface area contributed by atoms with Crippen LogP contribution in [0.15, 0.2) is 30.3 Å². The Kier molecular flexibility index (Phi) is 2.17. The first kappa shape index (κ1) is 8.10. The second-order valence-electron chi connectivity index (χ2n) is 3.22. The second-order valence-corrected chi connectivity index (χ2v) is 3.22. The number of hydrogen-bond acceptors (Lipinski definition) is 2. The molecular formula is C10H12N2O. The highest BCUT2D eigenvalue weighted by Crippen LogP contribution is 2.10. The molecule has 1 aliphatic rings. The summed E-state index contributed by atoms with van der Waals surface area (Å²) < 4.78 is 0. The average Bonchev–Trinajstić information content (AvgIpc) is 2.53. The minimum atomic E-state index is 0.133. The number of benzene rings is 1. The van der Waals surface area contributed by atoms with Crippen molar-refractivity contribution in [2.24, 2.45) is 0 Å². The van der Waals surface area contributed by atoms with Crippen molar-refractivity contribution in [1.29, 1.82) is 0 Å². The van der Waals surface area contributed by atoms with Crippen LogP contribution in [0.1, 0.15) is 6.42 Å². The van der Waals surface area contributed by atoms with Crippen molar-refractivity contribution >= 4 is 11.6 Å². The first-order valence-corrected chi connectivity index (χ1v) is 4.43. The summed E-state index contributed by atoms with van der Waals surface area (Å²) in [6.07, 6.45) is 0.578. The van der Waals surface area contributed by atoms with Crippen molar-refractivity contribution in [3.8, 4) is 0 Å². The second kappa shape index (κ2) is 3.47. The van der Waals surface area contributed by atoms with E-state index in [0.29, 0.717) is 6.42 Å². The molecule has 1 atom stereocenters. The molecule has 68 valence electrons. The van der Waals surface area contributed by atoms with Gasteiger partial charge in [-0.1, -0.05) is 18.2 Å². The zero-order valence-electron chi connectivity index (χ0n) is 7.29. The summed E-state index contributed by atoms with van der Waals surface area (Å²) in [7, 11) is 0. The number of hydrogen-bond donors (Lipinski definition) is 2. The largest absolute Gasteiger partial charge is 0.380 e. The molecule has 3 nitrogen and oxygen atoms in total. The average molecular weight is 176 g/mol. The molecule has 13 heavy (non-hydrogen) atoms. The van der Waals surface area contributed by atoms with Gasteiger partial charge in [0, 0.05) is 18.7 Å². The minimum Gasteiger partial charge on any atom is -0.380 e. The summed E-state index contributed by atoms with van der Waals surface area (Å²) in [6.45, 7) is 0.730. The van der Waals surface area contributed by atoms with Crippen molar-refractivity contribution in [1.82, 2.24) is 5.32 Å². The summed E-state index contributed by atoms with van der Waals surface area (Å²) in [5.74, 6) is 0.133. The molecule has 0 aliphatic carbocycles. The van der Waals surface area contributed by atoms with E-state index in [0.717, 1.165) is 12.2 Å². The SMILES string of the molecule is O=C1CC(Nc2ccccc2)CN1. The smallest absolute Gasteiger partial charge is 0.222 e. The Hall–Kier alpha value is -1.51. The third-order valence-electron chi connectivity index (χ3n) is 2.12. The molecule has 1 fully saturated rings. The highest BCUT2D eigenvalue weighted by Gasteiger charge is 2.20. The molecule has 2 N–H and O–H groups in total. The first-order chi connectivity index (χ1) is 6.34. The van der Waals surface area contributed by atoms with Gasteiger partial charge >= 0.3 is 0 Å². The summed E-state index contributed by atoms with van der Waals surface area (Å²) in [5.41, 5.74) is 1.07. The third kappa shape index (κ3) is 1.99. The van der Waals surface area contributed by atoms with E-state index >= 15 is 0 Å². The number of carbonyl (C=O) groups is 1. The lowest BCUT2D eigenvalue weighted by molar-refractivity contribution is -0.119. The van der Waals surface area contributed by atoms with Crippen LogP contribution < -0.4 is 10.6 Å². The third-order valence-corrected chi connectivity index (χ3v) is 2.12. The zero-order valence-corrected chi connectivity index (χ0v) is 7.29. The maximum Gasteiger partial charge on any atom is 0.222 e. The van der Waals surface area contributed by atoms with Crippen LogP contribution in [-0.4, -0.2) is 18.5 Å². The van der Waals surface area contributed by atoms with Gasteiger partial charge in [0.2, 0.25) is 5.91 Å². The van der Waals surface area contributed by atoms with Crippen LogP contribution in [-0.2, 0) is 4.79 Å². The summed E-state index contributed by atoms with van der Waals surface area (Å²) in [4.78, 5) is 10.9. The van der Waals surface area contributed by atoms with Gasteiger partial charge in [-0.05, 0) is 12.1 Å². The highest BCUT2D eigenvalue weighted by atomic mass is 16.1. The van der Waals surface area contributed by atoms with Crippen LogP contribution in [0.4, 0.5) is 5.69 Å². The zero-order chi connectivity index (χ0) is 9.10.